The van der Waals surface area contributed by atoms with E-state index in [4.69, 9.17) is 9.84 Å². The Kier molecular flexibility index (Phi) is 5.06. The average Bonchev–Trinajstić information content (AvgIpc) is 3.19. The maximum atomic E-state index is 12.0. The van der Waals surface area contributed by atoms with Crippen molar-refractivity contribution < 1.29 is 19.4 Å². The molecule has 1 amide bonds. The first-order chi connectivity index (χ1) is 10.4. The zero-order chi connectivity index (χ0) is 16.2. The van der Waals surface area contributed by atoms with E-state index in [1.54, 1.807) is 12.1 Å². The number of carboxylic acids is 1. The normalized spacial score (nSPS) is 22.9. The van der Waals surface area contributed by atoms with Crippen LogP contribution in [0.5, 0.6) is 5.75 Å². The number of carbonyl (C=O) groups is 2. The van der Waals surface area contributed by atoms with E-state index in [9.17, 15) is 9.59 Å². The third kappa shape index (κ3) is 4.23. The molecule has 2 atom stereocenters. The highest BCUT2D eigenvalue weighted by atomic mass is 16.5. The van der Waals surface area contributed by atoms with Crippen molar-refractivity contribution >= 4 is 11.9 Å². The first-order valence-corrected chi connectivity index (χ1v) is 7.66. The first-order valence-electron chi connectivity index (χ1n) is 7.66. The van der Waals surface area contributed by atoms with Gasteiger partial charge in [0.25, 0.3) is 0 Å². The van der Waals surface area contributed by atoms with Gasteiger partial charge in [0.05, 0.1) is 0 Å². The van der Waals surface area contributed by atoms with E-state index in [-0.39, 0.29) is 23.8 Å². The summed E-state index contributed by atoms with van der Waals surface area (Å²) in [5.74, 6) is -0.132. The Morgan fingerprint density at radius 3 is 2.59 bits per heavy atom. The zero-order valence-corrected chi connectivity index (χ0v) is 13.1. The first kappa shape index (κ1) is 16.3. The highest BCUT2D eigenvalue weighted by Crippen LogP contribution is 2.54. The molecule has 1 aliphatic rings. The molecule has 1 aliphatic carbocycles. The lowest BCUT2D eigenvalue weighted by Gasteiger charge is -2.09. The van der Waals surface area contributed by atoms with Crippen molar-refractivity contribution in [3.8, 4) is 5.75 Å². The van der Waals surface area contributed by atoms with Crippen LogP contribution in [0, 0.1) is 11.3 Å². The molecule has 0 bridgehead atoms. The molecular formula is C17H23NO4. The second-order valence-corrected chi connectivity index (χ2v) is 6.13. The molecule has 1 aromatic carbocycles. The predicted octanol–water partition coefficient (Wildman–Crippen LogP) is 2.24. The lowest BCUT2D eigenvalue weighted by molar-refractivity contribution is -0.139. The molecule has 2 N–H and O–H groups in total. The highest BCUT2D eigenvalue weighted by molar-refractivity contribution is 5.82. The van der Waals surface area contributed by atoms with Crippen molar-refractivity contribution in [3.05, 3.63) is 29.8 Å². The van der Waals surface area contributed by atoms with Crippen molar-refractivity contribution in [1.29, 1.82) is 0 Å². The molecule has 0 spiro atoms. The molecule has 2 unspecified atom stereocenters. The molecule has 0 aromatic heterocycles. The molecule has 2 rings (SSSR count). The third-order valence-electron chi connectivity index (χ3n) is 4.47. The topological polar surface area (TPSA) is 75.6 Å². The van der Waals surface area contributed by atoms with Crippen LogP contribution in [-0.4, -0.2) is 30.1 Å². The van der Waals surface area contributed by atoms with Crippen molar-refractivity contribution in [3.63, 3.8) is 0 Å². The lowest BCUT2D eigenvalue weighted by Crippen LogP contribution is -2.28. The third-order valence-corrected chi connectivity index (χ3v) is 4.47. The minimum Gasteiger partial charge on any atom is -0.482 e. The molecular weight excluding hydrogens is 282 g/mol. The van der Waals surface area contributed by atoms with Gasteiger partial charge in [-0.15, -0.1) is 0 Å². The molecule has 1 saturated carbocycles. The molecule has 1 aromatic rings. The Balaban J connectivity index is 1.71. The monoisotopic (exact) mass is 305 g/mol. The standard InChI is InChI=1S/C17H23NO4/c1-3-17(2)10-14(17)16(21)18-9-8-12-4-6-13(7-5-12)22-11-15(19)20/h4-7,14H,3,8-11H2,1-2H3,(H,18,21)(H,19,20). The van der Waals surface area contributed by atoms with Crippen molar-refractivity contribution in [1.82, 2.24) is 5.32 Å². The van der Waals surface area contributed by atoms with Crippen LogP contribution in [0.15, 0.2) is 24.3 Å². The van der Waals surface area contributed by atoms with Gasteiger partial charge in [-0.1, -0.05) is 26.0 Å². The second kappa shape index (κ2) is 6.81. The van der Waals surface area contributed by atoms with Gasteiger partial charge in [-0.25, -0.2) is 4.79 Å². The largest absolute Gasteiger partial charge is 0.482 e. The Labute approximate surface area is 130 Å². The zero-order valence-electron chi connectivity index (χ0n) is 13.1. The Morgan fingerprint density at radius 1 is 1.36 bits per heavy atom. The van der Waals surface area contributed by atoms with Gasteiger partial charge in [0, 0.05) is 12.5 Å². The number of amides is 1. The van der Waals surface area contributed by atoms with Gasteiger partial charge < -0.3 is 15.2 Å². The maximum absolute atomic E-state index is 12.0. The number of nitrogens with one attached hydrogen (secondary N) is 1. The summed E-state index contributed by atoms with van der Waals surface area (Å²) in [4.78, 5) is 22.4. The fourth-order valence-corrected chi connectivity index (χ4v) is 2.56. The van der Waals surface area contributed by atoms with Gasteiger partial charge in [-0.3, -0.25) is 4.79 Å². The highest BCUT2D eigenvalue weighted by Gasteiger charge is 2.52. The van der Waals surface area contributed by atoms with Crippen LogP contribution >= 0.6 is 0 Å². The fraction of sp³-hybridized carbons (Fsp3) is 0.529. The number of benzene rings is 1. The molecule has 5 nitrogen and oxygen atoms in total. The number of carboxylic acid groups (broad SMARTS) is 1. The smallest absolute Gasteiger partial charge is 0.341 e. The van der Waals surface area contributed by atoms with E-state index in [2.05, 4.69) is 19.2 Å². The second-order valence-electron chi connectivity index (χ2n) is 6.13. The van der Waals surface area contributed by atoms with Crippen LogP contribution in [-0.2, 0) is 16.0 Å². The van der Waals surface area contributed by atoms with Gasteiger partial charge >= 0.3 is 5.97 Å². The minimum atomic E-state index is -0.994. The van der Waals surface area contributed by atoms with Crippen LogP contribution in [0.3, 0.4) is 0 Å². The van der Waals surface area contributed by atoms with Gasteiger partial charge in [-0.2, -0.15) is 0 Å². The summed E-state index contributed by atoms with van der Waals surface area (Å²) in [5.41, 5.74) is 1.28. The Morgan fingerprint density at radius 2 is 2.05 bits per heavy atom. The van der Waals surface area contributed by atoms with Crippen LogP contribution in [0.2, 0.25) is 0 Å². The van der Waals surface area contributed by atoms with Gasteiger partial charge in [0.2, 0.25) is 5.91 Å². The summed E-state index contributed by atoms with van der Waals surface area (Å²) < 4.78 is 5.07. The van der Waals surface area contributed by atoms with E-state index in [0.29, 0.717) is 12.3 Å². The van der Waals surface area contributed by atoms with Crippen LogP contribution in [0.1, 0.15) is 32.3 Å². The number of hydrogen-bond donors (Lipinski definition) is 2. The van der Waals surface area contributed by atoms with Gasteiger partial charge in [0.1, 0.15) is 5.75 Å². The summed E-state index contributed by atoms with van der Waals surface area (Å²) in [7, 11) is 0. The van der Waals surface area contributed by atoms with Gasteiger partial charge in [-0.05, 0) is 42.4 Å². The molecule has 0 heterocycles. The van der Waals surface area contributed by atoms with Crippen molar-refractivity contribution in [2.24, 2.45) is 11.3 Å². The maximum Gasteiger partial charge on any atom is 0.341 e. The number of aliphatic carboxylic acids is 1. The molecule has 0 aliphatic heterocycles. The number of carbonyl (C=O) groups excluding carboxylic acids is 1. The minimum absolute atomic E-state index is 0.158. The number of rotatable bonds is 8. The van der Waals surface area contributed by atoms with Crippen molar-refractivity contribution in [2.45, 2.75) is 33.1 Å². The quantitative estimate of drug-likeness (QED) is 0.772. The summed E-state index contributed by atoms with van der Waals surface area (Å²) in [5, 5.41) is 11.5. The fourth-order valence-electron chi connectivity index (χ4n) is 2.56. The van der Waals surface area contributed by atoms with Crippen molar-refractivity contribution in [2.75, 3.05) is 13.2 Å². The molecule has 0 saturated heterocycles. The van der Waals surface area contributed by atoms with Gasteiger partial charge in [0.15, 0.2) is 6.61 Å². The average molecular weight is 305 g/mol. The predicted molar refractivity (Wildman–Crippen MR) is 82.8 cm³/mol. The van der Waals surface area contributed by atoms with E-state index in [1.807, 2.05) is 12.1 Å². The van der Waals surface area contributed by atoms with E-state index < -0.39 is 5.97 Å². The number of hydrogen-bond acceptors (Lipinski definition) is 3. The SMILES string of the molecule is CCC1(C)CC1C(=O)NCCc1ccc(OCC(=O)O)cc1. The Hall–Kier alpha value is -2.04. The van der Waals surface area contributed by atoms with Crippen LogP contribution in [0.25, 0.3) is 0 Å². The van der Waals surface area contributed by atoms with E-state index in [1.165, 1.54) is 0 Å². The van der Waals surface area contributed by atoms with Crippen LogP contribution in [0.4, 0.5) is 0 Å². The molecule has 1 fully saturated rings. The lowest BCUT2D eigenvalue weighted by atomic mass is 10.0. The van der Waals surface area contributed by atoms with Crippen LogP contribution < -0.4 is 10.1 Å². The molecule has 0 radical (unpaired) electrons. The number of ether oxygens (including phenoxy) is 1. The Bertz CT molecular complexity index is 540. The molecule has 120 valence electrons. The molecule has 22 heavy (non-hydrogen) atoms. The molecule has 5 heteroatoms. The summed E-state index contributed by atoms with van der Waals surface area (Å²) >= 11 is 0. The van der Waals surface area contributed by atoms with E-state index >= 15 is 0 Å². The summed E-state index contributed by atoms with van der Waals surface area (Å²) in [6.07, 6.45) is 2.79. The summed E-state index contributed by atoms with van der Waals surface area (Å²) in [6, 6.07) is 7.26. The van der Waals surface area contributed by atoms with E-state index in [0.717, 1.165) is 24.8 Å². The summed E-state index contributed by atoms with van der Waals surface area (Å²) in [6.45, 7) is 4.56.